The molecule has 0 heterocycles. The van der Waals surface area contributed by atoms with E-state index in [1.54, 1.807) is 38.3 Å². The summed E-state index contributed by atoms with van der Waals surface area (Å²) in [4.78, 5) is 24.2. The molecule has 2 rings (SSSR count). The fourth-order valence-corrected chi connectivity index (χ4v) is 2.66. The highest BCUT2D eigenvalue weighted by molar-refractivity contribution is 9.10. The minimum atomic E-state index is -0.424. The van der Waals surface area contributed by atoms with E-state index < -0.39 is 5.91 Å². The van der Waals surface area contributed by atoms with Crippen LogP contribution in [0.15, 0.2) is 46.0 Å². The highest BCUT2D eigenvalue weighted by Crippen LogP contribution is 2.29. The van der Waals surface area contributed by atoms with Gasteiger partial charge in [-0.25, -0.2) is 5.43 Å². The Morgan fingerprint density at radius 1 is 1.03 bits per heavy atom. The minimum absolute atomic E-state index is 0.00221. The van der Waals surface area contributed by atoms with E-state index in [-0.39, 0.29) is 18.9 Å². The lowest BCUT2D eigenvalue weighted by Crippen LogP contribution is -2.26. The lowest BCUT2D eigenvalue weighted by Gasteiger charge is -2.11. The number of hydrogen-bond acceptors (Lipinski definition) is 6. The fourth-order valence-electron chi connectivity index (χ4n) is 2.41. The van der Waals surface area contributed by atoms with Crippen LogP contribution in [0.5, 0.6) is 17.2 Å². The number of halogens is 1. The van der Waals surface area contributed by atoms with Crippen molar-refractivity contribution in [3.8, 4) is 17.2 Å². The molecule has 0 bridgehead atoms. The number of rotatable bonds is 9. The second-order valence-corrected chi connectivity index (χ2v) is 7.23. The smallest absolute Gasteiger partial charge is 0.277 e. The Morgan fingerprint density at radius 2 is 1.77 bits per heavy atom. The van der Waals surface area contributed by atoms with Crippen LogP contribution in [0.3, 0.4) is 0 Å². The quantitative estimate of drug-likeness (QED) is 0.424. The maximum absolute atomic E-state index is 12.2. The number of nitrogens with zero attached hydrogens (tertiary/aromatic N) is 1. The highest BCUT2D eigenvalue weighted by atomic mass is 79.9. The Bertz CT molecular complexity index is 946. The van der Waals surface area contributed by atoms with Crippen LogP contribution in [0.4, 0.5) is 5.69 Å². The molecular weight excluding hydrogens is 454 g/mol. The van der Waals surface area contributed by atoms with Gasteiger partial charge in [0.05, 0.1) is 26.3 Å². The van der Waals surface area contributed by atoms with E-state index in [4.69, 9.17) is 14.2 Å². The molecule has 0 saturated heterocycles. The summed E-state index contributed by atoms with van der Waals surface area (Å²) in [7, 11) is 3.05. The zero-order chi connectivity index (χ0) is 22.1. The van der Waals surface area contributed by atoms with Gasteiger partial charge in [-0.2, -0.15) is 5.10 Å². The topological polar surface area (TPSA) is 98.2 Å². The molecule has 9 heteroatoms. The van der Waals surface area contributed by atoms with Crippen LogP contribution in [0.25, 0.3) is 0 Å². The van der Waals surface area contributed by atoms with Crippen molar-refractivity contribution in [3.63, 3.8) is 0 Å². The molecule has 160 valence electrons. The summed E-state index contributed by atoms with van der Waals surface area (Å²) in [6, 6.07) is 10.5. The van der Waals surface area contributed by atoms with Crippen LogP contribution in [0.1, 0.15) is 18.9 Å². The van der Waals surface area contributed by atoms with Gasteiger partial charge in [0.25, 0.3) is 5.91 Å². The monoisotopic (exact) mass is 477 g/mol. The van der Waals surface area contributed by atoms with Gasteiger partial charge in [0.1, 0.15) is 17.2 Å². The molecule has 0 unspecified atom stereocenters. The normalized spacial score (nSPS) is 10.9. The number of benzene rings is 2. The average molecular weight is 478 g/mol. The molecular formula is C21H24BrN3O5. The van der Waals surface area contributed by atoms with Gasteiger partial charge in [-0.1, -0.05) is 15.9 Å². The lowest BCUT2D eigenvalue weighted by molar-refractivity contribution is -0.123. The molecule has 0 aliphatic carbocycles. The van der Waals surface area contributed by atoms with Crippen LogP contribution in [-0.4, -0.2) is 38.4 Å². The van der Waals surface area contributed by atoms with Crippen molar-refractivity contribution in [2.75, 3.05) is 26.1 Å². The molecule has 0 aliphatic heterocycles. The first-order chi connectivity index (χ1) is 14.3. The van der Waals surface area contributed by atoms with Crippen molar-refractivity contribution in [1.29, 1.82) is 0 Å². The molecule has 30 heavy (non-hydrogen) atoms. The standard InChI is InChI=1S/C21H24BrN3O5/c1-13-9-16(5-7-17(13)22)30-12-21(27)25-24-14(2)10-20(26)23-18-8-6-15(28-3)11-19(18)29-4/h5-9,11H,10,12H2,1-4H3,(H,23,26)(H,25,27)/b24-14-. The third kappa shape index (κ3) is 7.07. The van der Waals surface area contributed by atoms with Gasteiger partial charge in [-0.05, 0) is 49.7 Å². The van der Waals surface area contributed by atoms with Gasteiger partial charge in [0.2, 0.25) is 5.91 Å². The summed E-state index contributed by atoms with van der Waals surface area (Å²) in [5.74, 6) is 0.957. The average Bonchev–Trinajstić information content (AvgIpc) is 2.73. The molecule has 0 aliphatic rings. The summed E-state index contributed by atoms with van der Waals surface area (Å²) in [6.07, 6.45) is 0.00221. The molecule has 2 aromatic rings. The number of carbonyl (C=O) groups is 2. The van der Waals surface area contributed by atoms with Gasteiger partial charge in [0, 0.05) is 16.3 Å². The number of anilines is 1. The minimum Gasteiger partial charge on any atom is -0.497 e. The molecule has 0 saturated carbocycles. The van der Waals surface area contributed by atoms with E-state index >= 15 is 0 Å². The van der Waals surface area contributed by atoms with Crippen LogP contribution < -0.4 is 25.0 Å². The molecule has 0 radical (unpaired) electrons. The first kappa shape index (κ1) is 23.2. The number of hydrazone groups is 1. The molecule has 2 N–H and O–H groups in total. The van der Waals surface area contributed by atoms with E-state index in [1.165, 1.54) is 7.11 Å². The van der Waals surface area contributed by atoms with E-state index in [0.717, 1.165) is 10.0 Å². The summed E-state index contributed by atoms with van der Waals surface area (Å²) >= 11 is 3.41. The van der Waals surface area contributed by atoms with Crippen molar-refractivity contribution in [3.05, 3.63) is 46.4 Å². The maximum Gasteiger partial charge on any atom is 0.277 e. The van der Waals surface area contributed by atoms with Crippen molar-refractivity contribution >= 4 is 39.1 Å². The number of methoxy groups -OCH3 is 2. The van der Waals surface area contributed by atoms with Gasteiger partial charge < -0.3 is 19.5 Å². The summed E-state index contributed by atoms with van der Waals surface area (Å²) in [6.45, 7) is 3.38. The Kier molecular flexibility index (Phi) is 8.67. The van der Waals surface area contributed by atoms with E-state index in [9.17, 15) is 9.59 Å². The third-order valence-electron chi connectivity index (χ3n) is 3.97. The van der Waals surface area contributed by atoms with Crippen LogP contribution >= 0.6 is 15.9 Å². The first-order valence-corrected chi connectivity index (χ1v) is 9.84. The predicted octanol–water partition coefficient (Wildman–Crippen LogP) is 3.67. The number of hydrogen-bond donors (Lipinski definition) is 2. The Hall–Kier alpha value is -3.07. The lowest BCUT2D eigenvalue weighted by atomic mass is 10.2. The molecule has 0 spiro atoms. The maximum atomic E-state index is 12.2. The molecule has 0 fully saturated rings. The number of carbonyl (C=O) groups excluding carboxylic acids is 2. The summed E-state index contributed by atoms with van der Waals surface area (Å²) in [5.41, 5.74) is 4.33. The fraction of sp³-hybridized carbons (Fsp3) is 0.286. The summed E-state index contributed by atoms with van der Waals surface area (Å²) in [5, 5.41) is 6.68. The SMILES string of the molecule is COc1ccc(NC(=O)C/C(C)=N\NC(=O)COc2ccc(Br)c(C)c2)c(OC)c1. The van der Waals surface area contributed by atoms with E-state index in [1.807, 2.05) is 19.1 Å². The van der Waals surface area contributed by atoms with Crippen molar-refractivity contribution in [2.45, 2.75) is 20.3 Å². The zero-order valence-electron chi connectivity index (χ0n) is 17.2. The molecule has 2 aromatic carbocycles. The number of aryl methyl sites for hydroxylation is 1. The van der Waals surface area contributed by atoms with Crippen molar-refractivity contribution in [2.24, 2.45) is 5.10 Å². The Balaban J connectivity index is 1.83. The van der Waals surface area contributed by atoms with Crippen LogP contribution in [0.2, 0.25) is 0 Å². The Labute approximate surface area is 183 Å². The molecule has 8 nitrogen and oxygen atoms in total. The zero-order valence-corrected chi connectivity index (χ0v) is 18.8. The van der Waals surface area contributed by atoms with E-state index in [0.29, 0.717) is 28.6 Å². The first-order valence-electron chi connectivity index (χ1n) is 9.05. The second-order valence-electron chi connectivity index (χ2n) is 6.37. The predicted molar refractivity (Wildman–Crippen MR) is 118 cm³/mol. The highest BCUT2D eigenvalue weighted by Gasteiger charge is 2.11. The van der Waals surface area contributed by atoms with E-state index in [2.05, 4.69) is 31.8 Å². The van der Waals surface area contributed by atoms with Crippen LogP contribution in [-0.2, 0) is 9.59 Å². The van der Waals surface area contributed by atoms with Crippen molar-refractivity contribution in [1.82, 2.24) is 5.43 Å². The number of amides is 2. The third-order valence-corrected chi connectivity index (χ3v) is 4.86. The van der Waals surface area contributed by atoms with Gasteiger partial charge in [-0.15, -0.1) is 0 Å². The van der Waals surface area contributed by atoms with Gasteiger partial charge in [0.15, 0.2) is 6.61 Å². The summed E-state index contributed by atoms with van der Waals surface area (Å²) < 4.78 is 16.8. The van der Waals surface area contributed by atoms with Crippen LogP contribution in [0, 0.1) is 6.92 Å². The number of ether oxygens (including phenoxy) is 3. The van der Waals surface area contributed by atoms with Crippen molar-refractivity contribution < 1.29 is 23.8 Å². The number of nitrogens with one attached hydrogen (secondary N) is 2. The molecule has 0 atom stereocenters. The second kappa shape index (κ2) is 11.2. The van der Waals surface area contributed by atoms with Gasteiger partial charge >= 0.3 is 0 Å². The molecule has 2 amide bonds. The Morgan fingerprint density at radius 3 is 2.43 bits per heavy atom. The van der Waals surface area contributed by atoms with Gasteiger partial charge in [-0.3, -0.25) is 9.59 Å². The molecule has 0 aromatic heterocycles. The largest absolute Gasteiger partial charge is 0.497 e.